The number of carbonyl (C=O) groups excluding carboxylic acids is 1. The number of amides is 1. The summed E-state index contributed by atoms with van der Waals surface area (Å²) in [5.41, 5.74) is 0.541. The molecule has 5 nitrogen and oxygen atoms in total. The first-order valence-electron chi connectivity index (χ1n) is 3.60. The van der Waals surface area contributed by atoms with E-state index in [1.54, 1.807) is 0 Å². The van der Waals surface area contributed by atoms with E-state index in [4.69, 9.17) is 4.74 Å². The second-order valence-corrected chi connectivity index (χ2v) is 2.10. The highest BCUT2D eigenvalue weighted by Gasteiger charge is 2.02. The molecule has 1 heterocycles. The Balaban J connectivity index is 2.27. The Morgan fingerprint density at radius 3 is 3.25 bits per heavy atom. The van der Waals surface area contributed by atoms with E-state index in [1.807, 2.05) is 6.92 Å². The van der Waals surface area contributed by atoms with Crippen molar-refractivity contribution in [1.82, 2.24) is 5.16 Å². The van der Waals surface area contributed by atoms with Crippen molar-refractivity contribution in [3.8, 4) is 0 Å². The van der Waals surface area contributed by atoms with Crippen molar-refractivity contribution in [3.05, 3.63) is 12.5 Å². The molecule has 1 aromatic heterocycles. The van der Waals surface area contributed by atoms with Gasteiger partial charge in [-0.05, 0) is 6.92 Å². The first-order valence-corrected chi connectivity index (χ1v) is 3.60. The van der Waals surface area contributed by atoms with Gasteiger partial charge in [0.25, 0.3) is 0 Å². The predicted molar refractivity (Wildman–Crippen MR) is 41.6 cm³/mol. The average molecular weight is 170 g/mol. The fourth-order valence-corrected chi connectivity index (χ4v) is 0.658. The van der Waals surface area contributed by atoms with Crippen LogP contribution in [0.2, 0.25) is 0 Å². The van der Waals surface area contributed by atoms with E-state index in [9.17, 15) is 4.79 Å². The topological polar surface area (TPSA) is 64.4 Å². The van der Waals surface area contributed by atoms with E-state index in [0.717, 1.165) is 0 Å². The van der Waals surface area contributed by atoms with Crippen LogP contribution in [0.3, 0.4) is 0 Å². The van der Waals surface area contributed by atoms with Crippen LogP contribution in [-0.2, 0) is 9.53 Å². The molecular weight excluding hydrogens is 160 g/mol. The fraction of sp³-hybridized carbons (Fsp3) is 0.429. The number of nitrogens with zero attached hydrogens (tertiary/aromatic N) is 1. The highest BCUT2D eigenvalue weighted by molar-refractivity contribution is 5.91. The average Bonchev–Trinajstić information content (AvgIpc) is 2.53. The van der Waals surface area contributed by atoms with Crippen LogP contribution in [0.4, 0.5) is 5.69 Å². The molecule has 1 aromatic rings. The number of nitrogens with one attached hydrogen (secondary N) is 1. The van der Waals surface area contributed by atoms with Crippen LogP contribution in [0.25, 0.3) is 0 Å². The molecule has 0 saturated carbocycles. The lowest BCUT2D eigenvalue weighted by Gasteiger charge is -2.00. The van der Waals surface area contributed by atoms with E-state index in [1.165, 1.54) is 12.5 Å². The van der Waals surface area contributed by atoms with Crippen molar-refractivity contribution in [2.75, 3.05) is 18.5 Å². The Labute approximate surface area is 69.7 Å². The number of hydrogen-bond acceptors (Lipinski definition) is 4. The zero-order valence-electron chi connectivity index (χ0n) is 6.74. The van der Waals surface area contributed by atoms with Gasteiger partial charge >= 0.3 is 0 Å². The molecule has 0 radical (unpaired) electrons. The quantitative estimate of drug-likeness (QED) is 0.720. The number of ether oxygens (including phenoxy) is 1. The van der Waals surface area contributed by atoms with Crippen molar-refractivity contribution >= 4 is 11.6 Å². The summed E-state index contributed by atoms with van der Waals surface area (Å²) in [6.07, 6.45) is 2.77. The maximum atomic E-state index is 11.0. The molecular formula is C7H10N2O3. The minimum absolute atomic E-state index is 0.0572. The zero-order valence-corrected chi connectivity index (χ0v) is 6.74. The lowest BCUT2D eigenvalue weighted by Crippen LogP contribution is -2.17. The van der Waals surface area contributed by atoms with Gasteiger partial charge in [-0.1, -0.05) is 5.16 Å². The molecule has 0 aliphatic carbocycles. The molecule has 12 heavy (non-hydrogen) atoms. The summed E-state index contributed by atoms with van der Waals surface area (Å²) in [4.78, 5) is 11.0. The van der Waals surface area contributed by atoms with Gasteiger partial charge in [0.15, 0.2) is 0 Å². The Kier molecular flexibility index (Phi) is 3.28. The van der Waals surface area contributed by atoms with E-state index in [2.05, 4.69) is 15.0 Å². The van der Waals surface area contributed by atoms with Crippen LogP contribution in [0.1, 0.15) is 6.92 Å². The van der Waals surface area contributed by atoms with Crippen LogP contribution in [-0.4, -0.2) is 24.3 Å². The molecule has 1 amide bonds. The van der Waals surface area contributed by atoms with Crippen molar-refractivity contribution < 1.29 is 14.1 Å². The SMILES string of the molecule is CCOCC(=O)Nc1cnoc1. The zero-order chi connectivity index (χ0) is 8.81. The van der Waals surface area contributed by atoms with E-state index >= 15 is 0 Å². The number of hydrogen-bond donors (Lipinski definition) is 1. The highest BCUT2D eigenvalue weighted by atomic mass is 16.5. The summed E-state index contributed by atoms with van der Waals surface area (Å²) >= 11 is 0. The van der Waals surface area contributed by atoms with Crippen molar-refractivity contribution in [1.29, 1.82) is 0 Å². The Morgan fingerprint density at radius 2 is 2.67 bits per heavy atom. The highest BCUT2D eigenvalue weighted by Crippen LogP contribution is 2.02. The van der Waals surface area contributed by atoms with Gasteiger partial charge < -0.3 is 14.6 Å². The first kappa shape index (κ1) is 8.73. The second-order valence-electron chi connectivity index (χ2n) is 2.10. The summed E-state index contributed by atoms with van der Waals surface area (Å²) in [5, 5.41) is 5.96. The van der Waals surface area contributed by atoms with Gasteiger partial charge in [-0.2, -0.15) is 0 Å². The smallest absolute Gasteiger partial charge is 0.250 e. The normalized spacial score (nSPS) is 9.75. The van der Waals surface area contributed by atoms with E-state index in [-0.39, 0.29) is 12.5 Å². The third-order valence-electron chi connectivity index (χ3n) is 1.15. The molecule has 0 atom stereocenters. The summed E-state index contributed by atoms with van der Waals surface area (Å²) in [5.74, 6) is -0.208. The van der Waals surface area contributed by atoms with E-state index in [0.29, 0.717) is 12.3 Å². The third kappa shape index (κ3) is 2.71. The van der Waals surface area contributed by atoms with Gasteiger partial charge in [0.05, 0.1) is 6.20 Å². The second kappa shape index (κ2) is 4.50. The molecule has 1 N–H and O–H groups in total. The maximum Gasteiger partial charge on any atom is 0.250 e. The van der Waals surface area contributed by atoms with Crippen LogP contribution in [0, 0.1) is 0 Å². The molecule has 0 aliphatic heterocycles. The molecule has 66 valence electrons. The fourth-order valence-electron chi connectivity index (χ4n) is 0.658. The Morgan fingerprint density at radius 1 is 1.83 bits per heavy atom. The Hall–Kier alpha value is -1.36. The van der Waals surface area contributed by atoms with Crippen molar-refractivity contribution in [3.63, 3.8) is 0 Å². The molecule has 1 rings (SSSR count). The standard InChI is InChI=1S/C7H10N2O3/c1-2-11-5-7(10)9-6-3-8-12-4-6/h3-4H,2,5H2,1H3,(H,9,10). The largest absolute Gasteiger partial charge is 0.372 e. The van der Waals surface area contributed by atoms with Gasteiger partial charge in [0.2, 0.25) is 5.91 Å². The first-order chi connectivity index (χ1) is 5.83. The van der Waals surface area contributed by atoms with Crippen LogP contribution >= 0.6 is 0 Å². The van der Waals surface area contributed by atoms with Gasteiger partial charge in [-0.15, -0.1) is 0 Å². The molecule has 5 heteroatoms. The maximum absolute atomic E-state index is 11.0. The van der Waals surface area contributed by atoms with Gasteiger partial charge in [0.1, 0.15) is 18.6 Å². The van der Waals surface area contributed by atoms with E-state index < -0.39 is 0 Å². The number of anilines is 1. The molecule has 0 unspecified atom stereocenters. The molecule has 0 aromatic carbocycles. The predicted octanol–water partition coefficient (Wildman–Crippen LogP) is 0.650. The van der Waals surface area contributed by atoms with Crippen LogP contribution < -0.4 is 5.32 Å². The van der Waals surface area contributed by atoms with Gasteiger partial charge in [0, 0.05) is 6.61 Å². The Bertz CT molecular complexity index is 233. The summed E-state index contributed by atoms with van der Waals surface area (Å²) in [7, 11) is 0. The van der Waals surface area contributed by atoms with Gasteiger partial charge in [-0.3, -0.25) is 4.79 Å². The molecule has 0 fully saturated rings. The molecule has 0 bridgehead atoms. The number of aromatic nitrogens is 1. The summed E-state index contributed by atoms with van der Waals surface area (Å²) < 4.78 is 9.40. The lowest BCUT2D eigenvalue weighted by molar-refractivity contribution is -0.120. The number of carbonyl (C=O) groups is 1. The summed E-state index contributed by atoms with van der Waals surface area (Å²) in [6.45, 7) is 2.41. The van der Waals surface area contributed by atoms with Crippen molar-refractivity contribution in [2.45, 2.75) is 6.92 Å². The molecule has 0 saturated heterocycles. The molecule has 0 spiro atoms. The number of rotatable bonds is 4. The monoisotopic (exact) mass is 170 g/mol. The minimum atomic E-state index is -0.208. The van der Waals surface area contributed by atoms with Crippen LogP contribution in [0.5, 0.6) is 0 Å². The van der Waals surface area contributed by atoms with Gasteiger partial charge in [-0.25, -0.2) is 0 Å². The lowest BCUT2D eigenvalue weighted by atomic mass is 10.5. The minimum Gasteiger partial charge on any atom is -0.372 e. The van der Waals surface area contributed by atoms with Crippen molar-refractivity contribution in [2.24, 2.45) is 0 Å². The van der Waals surface area contributed by atoms with Crippen LogP contribution in [0.15, 0.2) is 17.0 Å². The summed E-state index contributed by atoms with van der Waals surface area (Å²) in [6, 6.07) is 0. The molecule has 0 aliphatic rings. The third-order valence-corrected chi connectivity index (χ3v) is 1.15.